The van der Waals surface area contributed by atoms with Crippen molar-refractivity contribution in [2.24, 2.45) is 0 Å². The number of para-hydroxylation sites is 8. The van der Waals surface area contributed by atoms with Gasteiger partial charge in [-0.2, -0.15) is 0 Å². The minimum atomic E-state index is -1.37. The largest absolute Gasteiger partial charge is 0.309 e. The molecule has 0 amide bonds. The normalized spacial score (nSPS) is 10.9. The van der Waals surface area contributed by atoms with Crippen molar-refractivity contribution in [1.82, 2.24) is 23.3 Å². The van der Waals surface area contributed by atoms with Crippen LogP contribution in [0.15, 0.2) is 314 Å². The van der Waals surface area contributed by atoms with Crippen LogP contribution in [-0.4, -0.2) is 31.3 Å². The zero-order valence-electron chi connectivity index (χ0n) is 52.5. The van der Waals surface area contributed by atoms with E-state index in [0.717, 1.165) is 36.2 Å². The highest BCUT2D eigenvalue weighted by Crippen LogP contribution is 2.37. The number of aromatic nitrogens is 5. The molecular weight excluding hydrogens is 1460 g/mol. The average molecular weight is 1530 g/mol. The molecule has 0 aliphatic carbocycles. The first-order chi connectivity index (χ1) is 46.4. The summed E-state index contributed by atoms with van der Waals surface area (Å²) in [6.45, 7) is 6.83. The minimum Gasteiger partial charge on any atom is -0.309 e. The summed E-state index contributed by atoms with van der Waals surface area (Å²) in [5.41, 5.74) is 20.9. The lowest BCUT2D eigenvalue weighted by Crippen LogP contribution is -2.16. The van der Waals surface area contributed by atoms with Gasteiger partial charge in [-0.15, -0.1) is 18.4 Å². The van der Waals surface area contributed by atoms with Crippen LogP contribution in [-0.2, 0) is 0 Å². The van der Waals surface area contributed by atoms with E-state index < -0.39 is 8.07 Å². The van der Waals surface area contributed by atoms with Gasteiger partial charge in [0, 0.05) is 96.8 Å². The van der Waals surface area contributed by atoms with Crippen LogP contribution in [0.25, 0.3) is 110 Å². The predicted molar refractivity (Wildman–Crippen MR) is 427 cm³/mol. The van der Waals surface area contributed by atoms with E-state index in [0.29, 0.717) is 0 Å². The van der Waals surface area contributed by atoms with Crippen LogP contribution in [0, 0.1) is 43.4 Å². The first-order valence-electron chi connectivity index (χ1n) is 31.2. The molecule has 456 valence electrons. The molecule has 17 rings (SSSR count). The van der Waals surface area contributed by atoms with Gasteiger partial charge in [-0.05, 0) is 219 Å². The molecule has 0 spiro atoms. The van der Waals surface area contributed by atoms with Gasteiger partial charge >= 0.3 is 0 Å². The Morgan fingerprint density at radius 3 is 0.937 bits per heavy atom. The zero-order chi connectivity index (χ0) is 65.4. The Balaban J connectivity index is 0.000000111. The first kappa shape index (κ1) is 63.6. The third-order valence-electron chi connectivity index (χ3n) is 16.3. The van der Waals surface area contributed by atoms with Crippen molar-refractivity contribution in [3.63, 3.8) is 0 Å². The molecule has 5 nitrogen and oxygen atoms in total. The summed E-state index contributed by atoms with van der Waals surface area (Å²) in [7, 11) is -1.37. The number of rotatable bonds is 4. The zero-order valence-corrected chi connectivity index (χ0v) is 59.4. The summed E-state index contributed by atoms with van der Waals surface area (Å²) in [4.78, 5) is 4.02. The molecule has 5 aromatic heterocycles. The number of terminal acetylenes is 2. The number of pyridine rings is 1. The van der Waals surface area contributed by atoms with Gasteiger partial charge in [0.05, 0.1) is 44.1 Å². The topological polar surface area (TPSA) is 32.6 Å². The van der Waals surface area contributed by atoms with Crippen LogP contribution in [0.3, 0.4) is 0 Å². The van der Waals surface area contributed by atoms with E-state index in [-0.39, 0.29) is 0 Å². The van der Waals surface area contributed by atoms with Gasteiger partial charge in [-0.3, -0.25) is 0 Å². The lowest BCUT2D eigenvalue weighted by Gasteiger charge is -2.07. The van der Waals surface area contributed by atoms with Crippen molar-refractivity contribution in [2.45, 2.75) is 19.6 Å². The molecule has 0 aliphatic rings. The average Bonchev–Trinajstić information content (AvgIpc) is 1.63. The number of halogens is 3. The molecule has 0 saturated heterocycles. The molecule has 0 unspecified atom stereocenters. The van der Waals surface area contributed by atoms with E-state index >= 15 is 0 Å². The van der Waals surface area contributed by atoms with E-state index in [2.05, 4.69) is 394 Å². The quantitative estimate of drug-likeness (QED) is 0.0748. The Bertz CT molecular complexity index is 5590. The number of nitrogens with zero attached hydrogens (tertiary/aromatic N) is 5. The number of benzene rings is 12. The van der Waals surface area contributed by atoms with Crippen molar-refractivity contribution in [3.8, 4) is 58.9 Å². The Labute approximate surface area is 590 Å². The maximum absolute atomic E-state index is 5.55. The van der Waals surface area contributed by atoms with Crippen molar-refractivity contribution in [2.75, 3.05) is 0 Å². The third-order valence-corrected chi connectivity index (χ3v) is 20.1. The molecule has 0 saturated carbocycles. The smallest absolute Gasteiger partial charge is 0.129 e. The maximum atomic E-state index is 5.55. The Kier molecular flexibility index (Phi) is 19.1. The highest BCUT2D eigenvalue weighted by molar-refractivity contribution is 14.1. The van der Waals surface area contributed by atoms with E-state index in [1.807, 2.05) is 36.4 Å². The molecule has 12 aromatic carbocycles. The summed E-state index contributed by atoms with van der Waals surface area (Å²) in [5.74, 6) is 8.84. The molecule has 0 aliphatic heterocycles. The Morgan fingerprint density at radius 1 is 0.326 bits per heavy atom. The number of hydrogen-bond acceptors (Lipinski definition) is 1. The maximum Gasteiger partial charge on any atom is 0.129 e. The van der Waals surface area contributed by atoms with Crippen LogP contribution in [0.4, 0.5) is 0 Å². The summed E-state index contributed by atoms with van der Waals surface area (Å²) in [5, 5.41) is 10.0. The Morgan fingerprint density at radius 2 is 0.621 bits per heavy atom. The summed E-state index contributed by atoms with van der Waals surface area (Å²) in [6, 6.07) is 106. The van der Waals surface area contributed by atoms with E-state index in [4.69, 9.17) is 12.8 Å². The molecule has 9 heteroatoms. The van der Waals surface area contributed by atoms with Gasteiger partial charge in [-0.1, -0.05) is 183 Å². The highest BCUT2D eigenvalue weighted by atomic mass is 127. The molecule has 0 bridgehead atoms. The third kappa shape index (κ3) is 13.6. The fourth-order valence-corrected chi connectivity index (χ4v) is 13.8. The predicted octanol–water partition coefficient (Wildman–Crippen LogP) is 23.4. The SMILES string of the molecule is Brc1cccnc1I.C#Cc1ccc2c(c1)c1ccccc1n2-c1ccccc1.C#Cc1ccc2c(c1)c1ccccc1n2-c1ccccc1.C[Si](C)(C)C#Cc1ccc2c(c1)c1ccccc1n2-c1ccccc1.Ic1ccc2c(c1)c1ccccc1n2-c1ccccc1. The van der Waals surface area contributed by atoms with Gasteiger partial charge in [0.2, 0.25) is 0 Å². The van der Waals surface area contributed by atoms with Crippen molar-refractivity contribution >= 4 is 156 Å². The van der Waals surface area contributed by atoms with Crippen molar-refractivity contribution < 1.29 is 0 Å². The molecule has 0 atom stereocenters. The molecule has 0 N–H and O–H groups in total. The van der Waals surface area contributed by atoms with Crippen molar-refractivity contribution in [3.05, 3.63) is 338 Å². The molecule has 95 heavy (non-hydrogen) atoms. The summed E-state index contributed by atoms with van der Waals surface area (Å²) in [6.07, 6.45) is 12.9. The monoisotopic (exact) mass is 1530 g/mol. The first-order valence-corrected chi connectivity index (χ1v) is 37.6. The van der Waals surface area contributed by atoms with Gasteiger partial charge in [-0.25, -0.2) is 4.98 Å². The fraction of sp³-hybridized carbons (Fsp3) is 0.0349. The second kappa shape index (κ2) is 28.6. The molecule has 17 aromatic rings. The van der Waals surface area contributed by atoms with Gasteiger partial charge in [0.15, 0.2) is 0 Å². The molecule has 5 heterocycles. The number of hydrogen-bond donors (Lipinski definition) is 0. The summed E-state index contributed by atoms with van der Waals surface area (Å²) < 4.78 is 12.6. The molecule has 0 fully saturated rings. The van der Waals surface area contributed by atoms with Gasteiger partial charge in [0.25, 0.3) is 0 Å². The van der Waals surface area contributed by atoms with Crippen LogP contribution in [0.2, 0.25) is 19.6 Å². The molecule has 0 radical (unpaired) electrons. The Hall–Kier alpha value is -10.2. The second-order valence-electron chi connectivity index (χ2n) is 23.7. The standard InChI is InChI=1S/C23H21NSi.2C20H13N.C18H12IN.C5H3BrIN/c1-25(2,3)16-15-18-13-14-23-21(17-18)20-11-7-8-12-22(20)24(23)19-9-5-4-6-10-19;2*1-2-15-12-13-20-18(14-15)17-10-6-7-11-19(17)21(20)16-8-4-3-5-9-16;19-13-10-11-18-16(12-13)15-8-4-5-9-17(15)20(18)14-6-2-1-3-7-14;6-4-2-1-3-8-5(4)7/h4-14,17H,1-3H3;2*1,3-14H;1-12H;1-3H. The lowest BCUT2D eigenvalue weighted by atomic mass is 10.1. The van der Waals surface area contributed by atoms with Crippen LogP contribution < -0.4 is 0 Å². The minimum absolute atomic E-state index is 0.915. The highest BCUT2D eigenvalue weighted by Gasteiger charge is 2.17. The van der Waals surface area contributed by atoms with Gasteiger partial charge in [0.1, 0.15) is 11.8 Å². The van der Waals surface area contributed by atoms with Gasteiger partial charge < -0.3 is 18.3 Å². The van der Waals surface area contributed by atoms with Crippen LogP contribution in [0.5, 0.6) is 0 Å². The molecular formula is C86H62BrI2N5Si. The summed E-state index contributed by atoms with van der Waals surface area (Å²) >= 11 is 7.87. The van der Waals surface area contributed by atoms with Crippen molar-refractivity contribution in [1.29, 1.82) is 0 Å². The van der Waals surface area contributed by atoms with E-state index in [1.165, 1.54) is 102 Å². The second-order valence-corrected chi connectivity index (χ2v) is 31.5. The van der Waals surface area contributed by atoms with Crippen LogP contribution in [0.1, 0.15) is 16.7 Å². The fourth-order valence-electron chi connectivity index (χ4n) is 12.2. The van der Waals surface area contributed by atoms with Crippen LogP contribution >= 0.6 is 61.1 Å². The lowest BCUT2D eigenvalue weighted by molar-refractivity contribution is 1.18. The van der Waals surface area contributed by atoms with E-state index in [9.17, 15) is 0 Å². The van der Waals surface area contributed by atoms with E-state index in [1.54, 1.807) is 6.20 Å². The number of fused-ring (bicyclic) bond motifs is 12.